The van der Waals surface area contributed by atoms with Gasteiger partial charge < -0.3 is 15.7 Å². The number of rotatable bonds is 4. The van der Waals surface area contributed by atoms with Crippen LogP contribution in [0.1, 0.15) is 29.6 Å². The summed E-state index contributed by atoms with van der Waals surface area (Å²) in [5.74, 6) is 0.190. The van der Waals surface area contributed by atoms with Crippen LogP contribution in [0, 0.1) is 0 Å². The van der Waals surface area contributed by atoms with E-state index in [2.05, 4.69) is 0 Å². The van der Waals surface area contributed by atoms with Crippen molar-refractivity contribution in [2.75, 3.05) is 13.1 Å². The van der Waals surface area contributed by atoms with E-state index in [9.17, 15) is 9.90 Å². The molecule has 1 aromatic rings. The van der Waals surface area contributed by atoms with E-state index in [1.807, 2.05) is 4.90 Å². The van der Waals surface area contributed by atoms with Crippen molar-refractivity contribution < 1.29 is 9.90 Å². The summed E-state index contributed by atoms with van der Waals surface area (Å²) in [5.41, 5.74) is 6.17. The molecule has 1 amide bonds. The smallest absolute Gasteiger partial charge is 0.254 e. The fraction of sp³-hybridized carbons (Fsp3) is 0.462. The number of aromatic hydroxyl groups is 1. The van der Waals surface area contributed by atoms with Gasteiger partial charge in [-0.05, 0) is 43.5 Å². The first kappa shape index (κ1) is 11.9. The minimum atomic E-state index is 0.0140. The van der Waals surface area contributed by atoms with E-state index < -0.39 is 0 Å². The fourth-order valence-electron chi connectivity index (χ4n) is 2.06. The van der Waals surface area contributed by atoms with Crippen molar-refractivity contribution in [3.8, 4) is 5.75 Å². The third-order valence-corrected chi connectivity index (χ3v) is 3.26. The molecule has 0 aliphatic heterocycles. The number of carbonyl (C=O) groups is 1. The molecule has 2 rings (SSSR count). The van der Waals surface area contributed by atoms with Gasteiger partial charge in [-0.1, -0.05) is 0 Å². The van der Waals surface area contributed by atoms with Crippen LogP contribution in [0.25, 0.3) is 0 Å². The highest BCUT2D eigenvalue weighted by molar-refractivity contribution is 5.94. The van der Waals surface area contributed by atoms with Gasteiger partial charge in [-0.25, -0.2) is 0 Å². The fourth-order valence-corrected chi connectivity index (χ4v) is 2.06. The Morgan fingerprint density at radius 2 is 2.00 bits per heavy atom. The molecule has 0 atom stereocenters. The van der Waals surface area contributed by atoms with Gasteiger partial charge >= 0.3 is 0 Å². The molecule has 1 saturated carbocycles. The Balaban J connectivity index is 2.12. The number of hydrogen-bond donors (Lipinski definition) is 2. The molecule has 1 aliphatic rings. The van der Waals surface area contributed by atoms with Crippen molar-refractivity contribution in [2.45, 2.75) is 25.3 Å². The number of phenolic OH excluding ortho intramolecular Hbond substituents is 1. The molecule has 1 aliphatic carbocycles. The molecule has 92 valence electrons. The van der Waals surface area contributed by atoms with Gasteiger partial charge in [0, 0.05) is 24.7 Å². The maximum atomic E-state index is 12.3. The minimum Gasteiger partial charge on any atom is -0.508 e. The molecule has 4 nitrogen and oxygen atoms in total. The van der Waals surface area contributed by atoms with E-state index in [0.717, 1.165) is 12.8 Å². The third-order valence-electron chi connectivity index (χ3n) is 3.26. The maximum absolute atomic E-state index is 12.3. The largest absolute Gasteiger partial charge is 0.508 e. The number of benzene rings is 1. The Kier molecular flexibility index (Phi) is 3.64. The van der Waals surface area contributed by atoms with E-state index in [1.54, 1.807) is 12.1 Å². The van der Waals surface area contributed by atoms with Crippen LogP contribution in [0.5, 0.6) is 5.75 Å². The van der Waals surface area contributed by atoms with Crippen molar-refractivity contribution in [3.63, 3.8) is 0 Å². The Labute approximate surface area is 101 Å². The van der Waals surface area contributed by atoms with Crippen molar-refractivity contribution in [1.82, 2.24) is 4.90 Å². The Morgan fingerprint density at radius 3 is 2.47 bits per heavy atom. The van der Waals surface area contributed by atoms with Gasteiger partial charge in [0.2, 0.25) is 0 Å². The van der Waals surface area contributed by atoms with Crippen LogP contribution in [0.2, 0.25) is 0 Å². The molecule has 0 saturated heterocycles. The van der Waals surface area contributed by atoms with Crippen LogP contribution >= 0.6 is 0 Å². The molecular formula is C13H18N2O2. The molecule has 0 heterocycles. The first-order valence-electron chi connectivity index (χ1n) is 6.02. The first-order chi connectivity index (χ1) is 8.22. The zero-order chi connectivity index (χ0) is 12.3. The van der Waals surface area contributed by atoms with Gasteiger partial charge in [-0.15, -0.1) is 0 Å². The van der Waals surface area contributed by atoms with Crippen LogP contribution in [-0.2, 0) is 0 Å². The first-order valence-corrected chi connectivity index (χ1v) is 6.02. The average molecular weight is 234 g/mol. The predicted molar refractivity (Wildman–Crippen MR) is 65.8 cm³/mol. The van der Waals surface area contributed by atoms with Gasteiger partial charge in [0.15, 0.2) is 0 Å². The van der Waals surface area contributed by atoms with Crippen LogP contribution < -0.4 is 5.73 Å². The Morgan fingerprint density at radius 1 is 1.35 bits per heavy atom. The van der Waals surface area contributed by atoms with Gasteiger partial charge in [-0.2, -0.15) is 0 Å². The highest BCUT2D eigenvalue weighted by Crippen LogP contribution is 2.26. The second-order valence-electron chi connectivity index (χ2n) is 4.42. The van der Waals surface area contributed by atoms with E-state index in [4.69, 9.17) is 5.73 Å². The van der Waals surface area contributed by atoms with Gasteiger partial charge in [0.1, 0.15) is 5.75 Å². The van der Waals surface area contributed by atoms with Crippen molar-refractivity contribution in [3.05, 3.63) is 29.8 Å². The summed E-state index contributed by atoms with van der Waals surface area (Å²) in [4.78, 5) is 14.1. The number of nitrogens with two attached hydrogens (primary N) is 1. The lowest BCUT2D eigenvalue weighted by atomic mass is 9.91. The zero-order valence-electron chi connectivity index (χ0n) is 9.80. The lowest BCUT2D eigenvalue weighted by molar-refractivity contribution is 0.0588. The predicted octanol–water partition coefficient (Wildman–Crippen LogP) is 1.35. The second-order valence-corrected chi connectivity index (χ2v) is 4.42. The summed E-state index contributed by atoms with van der Waals surface area (Å²) >= 11 is 0. The molecule has 17 heavy (non-hydrogen) atoms. The third kappa shape index (κ3) is 2.58. The molecule has 1 aromatic carbocycles. The average Bonchev–Trinajstić information content (AvgIpc) is 2.26. The number of phenols is 1. The summed E-state index contributed by atoms with van der Waals surface area (Å²) in [6.07, 6.45) is 3.34. The Bertz CT molecular complexity index is 385. The lowest BCUT2D eigenvalue weighted by Gasteiger charge is -2.37. The Hall–Kier alpha value is -1.55. The SMILES string of the molecule is NCCN(C(=O)c1ccc(O)cc1)C1CCC1. The molecule has 4 heteroatoms. The van der Waals surface area contributed by atoms with Gasteiger partial charge in [0.25, 0.3) is 5.91 Å². The highest BCUT2D eigenvalue weighted by Gasteiger charge is 2.28. The summed E-state index contributed by atoms with van der Waals surface area (Å²) in [5, 5.41) is 9.20. The van der Waals surface area contributed by atoms with E-state index in [1.165, 1.54) is 18.6 Å². The molecule has 0 bridgehead atoms. The van der Waals surface area contributed by atoms with Gasteiger partial charge in [-0.3, -0.25) is 4.79 Å². The molecule has 0 radical (unpaired) electrons. The summed E-state index contributed by atoms with van der Waals surface area (Å²) in [6.45, 7) is 1.09. The summed E-state index contributed by atoms with van der Waals surface area (Å²) in [6, 6.07) is 6.73. The van der Waals surface area contributed by atoms with Crippen molar-refractivity contribution in [1.29, 1.82) is 0 Å². The molecule has 0 unspecified atom stereocenters. The van der Waals surface area contributed by atoms with E-state index in [0.29, 0.717) is 24.7 Å². The van der Waals surface area contributed by atoms with Crippen LogP contribution in [0.15, 0.2) is 24.3 Å². The number of nitrogens with zero attached hydrogens (tertiary/aromatic N) is 1. The van der Waals surface area contributed by atoms with Crippen LogP contribution in [0.3, 0.4) is 0 Å². The van der Waals surface area contributed by atoms with Crippen molar-refractivity contribution >= 4 is 5.91 Å². The summed E-state index contributed by atoms with van der Waals surface area (Å²) in [7, 11) is 0. The molecule has 1 fully saturated rings. The summed E-state index contributed by atoms with van der Waals surface area (Å²) < 4.78 is 0. The number of amides is 1. The monoisotopic (exact) mass is 234 g/mol. The number of carbonyl (C=O) groups excluding carboxylic acids is 1. The normalized spacial score (nSPS) is 15.4. The van der Waals surface area contributed by atoms with Crippen LogP contribution in [-0.4, -0.2) is 35.0 Å². The minimum absolute atomic E-state index is 0.0140. The second kappa shape index (κ2) is 5.19. The zero-order valence-corrected chi connectivity index (χ0v) is 9.80. The van der Waals surface area contributed by atoms with E-state index in [-0.39, 0.29) is 11.7 Å². The van der Waals surface area contributed by atoms with Crippen LogP contribution in [0.4, 0.5) is 0 Å². The highest BCUT2D eigenvalue weighted by atomic mass is 16.3. The van der Waals surface area contributed by atoms with E-state index >= 15 is 0 Å². The lowest BCUT2D eigenvalue weighted by Crippen LogP contribution is -2.46. The standard InChI is InChI=1S/C13H18N2O2/c14-8-9-15(11-2-1-3-11)13(17)10-4-6-12(16)7-5-10/h4-7,11,16H,1-3,8-9,14H2. The topological polar surface area (TPSA) is 66.6 Å². The van der Waals surface area contributed by atoms with Gasteiger partial charge in [0.05, 0.1) is 0 Å². The van der Waals surface area contributed by atoms with Crippen molar-refractivity contribution in [2.24, 2.45) is 5.73 Å². The molecule has 0 aromatic heterocycles. The quantitative estimate of drug-likeness (QED) is 0.826. The molecular weight excluding hydrogens is 216 g/mol. The number of hydrogen-bond acceptors (Lipinski definition) is 3. The molecule has 0 spiro atoms. The molecule has 3 N–H and O–H groups in total. The maximum Gasteiger partial charge on any atom is 0.254 e.